The van der Waals surface area contributed by atoms with Gasteiger partial charge in [-0.05, 0) is 59.5 Å². The standard InChI is InChI=1S/C24H20N2O4S/c1-15-6-5-7-17(12-15)25-22(27)14-26-23(28)21(31-24(26)29)13-16-10-11-20(30-2)19-9-4-3-8-18(16)19/h3-13H,14H2,1-2H3,(H,25,27)/b21-13+. The van der Waals surface area contributed by atoms with Gasteiger partial charge in [-0.1, -0.05) is 42.5 Å². The van der Waals surface area contributed by atoms with E-state index in [1.807, 2.05) is 61.5 Å². The van der Waals surface area contributed by atoms with E-state index in [0.717, 1.165) is 44.3 Å². The molecule has 0 aromatic heterocycles. The van der Waals surface area contributed by atoms with Crippen LogP contribution in [-0.4, -0.2) is 35.6 Å². The summed E-state index contributed by atoms with van der Waals surface area (Å²) in [7, 11) is 1.61. The topological polar surface area (TPSA) is 75.7 Å². The number of fused-ring (bicyclic) bond motifs is 1. The number of imide groups is 1. The number of anilines is 1. The first-order valence-corrected chi connectivity index (χ1v) is 10.5. The van der Waals surface area contributed by atoms with Crippen LogP contribution in [0.3, 0.4) is 0 Å². The van der Waals surface area contributed by atoms with Crippen molar-refractivity contribution in [1.29, 1.82) is 0 Å². The first kappa shape index (κ1) is 20.7. The van der Waals surface area contributed by atoms with Crippen molar-refractivity contribution >= 4 is 51.4 Å². The number of methoxy groups -OCH3 is 1. The third-order valence-corrected chi connectivity index (χ3v) is 5.81. The fraction of sp³-hybridized carbons (Fsp3) is 0.125. The summed E-state index contributed by atoms with van der Waals surface area (Å²) in [6, 6.07) is 18.7. The molecule has 0 unspecified atom stereocenters. The Morgan fingerprint density at radius 3 is 2.58 bits per heavy atom. The molecule has 1 N–H and O–H groups in total. The summed E-state index contributed by atoms with van der Waals surface area (Å²) in [5, 5.41) is 4.08. The molecule has 7 heteroatoms. The zero-order valence-electron chi connectivity index (χ0n) is 17.0. The Morgan fingerprint density at radius 2 is 1.84 bits per heavy atom. The molecular weight excluding hydrogens is 412 g/mol. The molecule has 1 saturated heterocycles. The summed E-state index contributed by atoms with van der Waals surface area (Å²) in [6.07, 6.45) is 1.69. The molecule has 1 aliphatic heterocycles. The second kappa shape index (κ2) is 8.65. The SMILES string of the molecule is COc1ccc(/C=C2/SC(=O)N(CC(=O)Nc3cccc(C)c3)C2=O)c2ccccc12. The Morgan fingerprint density at radius 1 is 1.06 bits per heavy atom. The lowest BCUT2D eigenvalue weighted by Crippen LogP contribution is -2.36. The molecule has 0 saturated carbocycles. The molecule has 0 atom stereocenters. The molecular formula is C24H20N2O4S. The minimum absolute atomic E-state index is 0.281. The molecule has 1 heterocycles. The monoisotopic (exact) mass is 432 g/mol. The largest absolute Gasteiger partial charge is 0.496 e. The van der Waals surface area contributed by atoms with E-state index in [1.165, 1.54) is 0 Å². The molecule has 0 spiro atoms. The van der Waals surface area contributed by atoms with Gasteiger partial charge in [0.2, 0.25) is 5.91 Å². The van der Waals surface area contributed by atoms with Gasteiger partial charge in [-0.2, -0.15) is 0 Å². The highest BCUT2D eigenvalue weighted by Gasteiger charge is 2.36. The normalized spacial score (nSPS) is 15.0. The van der Waals surface area contributed by atoms with E-state index in [0.29, 0.717) is 5.69 Å². The molecule has 1 fully saturated rings. The van der Waals surface area contributed by atoms with Crippen molar-refractivity contribution in [3.8, 4) is 5.75 Å². The van der Waals surface area contributed by atoms with Gasteiger partial charge in [0, 0.05) is 11.1 Å². The molecule has 0 radical (unpaired) electrons. The van der Waals surface area contributed by atoms with Crippen molar-refractivity contribution in [3.05, 3.63) is 76.7 Å². The van der Waals surface area contributed by atoms with Crippen molar-refractivity contribution in [1.82, 2.24) is 4.90 Å². The highest BCUT2D eigenvalue weighted by Crippen LogP contribution is 2.35. The summed E-state index contributed by atoms with van der Waals surface area (Å²) >= 11 is 0.833. The van der Waals surface area contributed by atoms with Crippen LogP contribution in [0.25, 0.3) is 16.8 Å². The highest BCUT2D eigenvalue weighted by molar-refractivity contribution is 8.18. The van der Waals surface area contributed by atoms with E-state index in [9.17, 15) is 14.4 Å². The van der Waals surface area contributed by atoms with Crippen molar-refractivity contribution in [3.63, 3.8) is 0 Å². The smallest absolute Gasteiger partial charge is 0.294 e. The second-order valence-corrected chi connectivity index (χ2v) is 8.08. The third-order valence-electron chi connectivity index (χ3n) is 4.90. The molecule has 3 aromatic carbocycles. The lowest BCUT2D eigenvalue weighted by atomic mass is 10.0. The van der Waals surface area contributed by atoms with Crippen LogP contribution in [0.5, 0.6) is 5.75 Å². The van der Waals surface area contributed by atoms with Gasteiger partial charge < -0.3 is 10.1 Å². The summed E-state index contributed by atoms with van der Waals surface area (Å²) in [4.78, 5) is 38.9. The summed E-state index contributed by atoms with van der Waals surface area (Å²) in [5.41, 5.74) is 2.42. The maximum Gasteiger partial charge on any atom is 0.294 e. The summed E-state index contributed by atoms with van der Waals surface area (Å²) < 4.78 is 5.41. The Bertz CT molecular complexity index is 1240. The van der Waals surface area contributed by atoms with Gasteiger partial charge in [-0.25, -0.2) is 0 Å². The molecule has 1 aliphatic rings. The van der Waals surface area contributed by atoms with E-state index in [2.05, 4.69) is 5.32 Å². The predicted octanol–water partition coefficient (Wildman–Crippen LogP) is 4.83. The maximum atomic E-state index is 12.8. The number of nitrogens with one attached hydrogen (secondary N) is 1. The van der Waals surface area contributed by atoms with Gasteiger partial charge in [0.15, 0.2) is 0 Å². The number of hydrogen-bond donors (Lipinski definition) is 1. The first-order chi connectivity index (χ1) is 15.0. The first-order valence-electron chi connectivity index (χ1n) is 9.64. The van der Waals surface area contributed by atoms with Gasteiger partial charge in [-0.3, -0.25) is 19.3 Å². The van der Waals surface area contributed by atoms with Crippen LogP contribution in [0.4, 0.5) is 10.5 Å². The van der Waals surface area contributed by atoms with Crippen LogP contribution >= 0.6 is 11.8 Å². The Labute approximate surface area is 183 Å². The molecule has 0 aliphatic carbocycles. The highest BCUT2D eigenvalue weighted by atomic mass is 32.2. The van der Waals surface area contributed by atoms with E-state index >= 15 is 0 Å². The average molecular weight is 433 g/mol. The molecule has 6 nitrogen and oxygen atoms in total. The van der Waals surface area contributed by atoms with Gasteiger partial charge in [0.05, 0.1) is 12.0 Å². The van der Waals surface area contributed by atoms with Crippen molar-refractivity contribution in [2.75, 3.05) is 19.0 Å². The van der Waals surface area contributed by atoms with Gasteiger partial charge in [-0.15, -0.1) is 0 Å². The van der Waals surface area contributed by atoms with Crippen LogP contribution in [0.1, 0.15) is 11.1 Å². The van der Waals surface area contributed by atoms with Crippen molar-refractivity contribution < 1.29 is 19.1 Å². The van der Waals surface area contributed by atoms with E-state index < -0.39 is 17.1 Å². The number of ether oxygens (including phenoxy) is 1. The number of carbonyl (C=O) groups excluding carboxylic acids is 3. The number of nitrogens with zero attached hydrogens (tertiary/aromatic N) is 1. The van der Waals surface area contributed by atoms with Crippen molar-refractivity contribution in [2.45, 2.75) is 6.92 Å². The van der Waals surface area contributed by atoms with Crippen LogP contribution in [-0.2, 0) is 9.59 Å². The number of thioether (sulfide) groups is 1. The molecule has 3 amide bonds. The molecule has 31 heavy (non-hydrogen) atoms. The Balaban J connectivity index is 1.55. The van der Waals surface area contributed by atoms with Crippen LogP contribution in [0.2, 0.25) is 0 Å². The fourth-order valence-electron chi connectivity index (χ4n) is 3.44. The Hall–Kier alpha value is -3.58. The molecule has 4 rings (SSSR count). The zero-order valence-corrected chi connectivity index (χ0v) is 17.9. The zero-order chi connectivity index (χ0) is 22.0. The fourth-order valence-corrected chi connectivity index (χ4v) is 4.27. The number of carbonyl (C=O) groups is 3. The Kier molecular flexibility index (Phi) is 5.77. The van der Waals surface area contributed by atoms with Crippen LogP contribution < -0.4 is 10.1 Å². The number of amides is 3. The van der Waals surface area contributed by atoms with E-state index in [1.54, 1.807) is 19.3 Å². The number of benzene rings is 3. The van der Waals surface area contributed by atoms with Gasteiger partial charge in [0.25, 0.3) is 11.1 Å². The molecule has 156 valence electrons. The molecule has 0 bridgehead atoms. The van der Waals surface area contributed by atoms with E-state index in [4.69, 9.17) is 4.74 Å². The van der Waals surface area contributed by atoms with Crippen LogP contribution in [0.15, 0.2) is 65.6 Å². The number of rotatable bonds is 5. The van der Waals surface area contributed by atoms with Gasteiger partial charge in [0.1, 0.15) is 12.3 Å². The lowest BCUT2D eigenvalue weighted by molar-refractivity contribution is -0.127. The predicted molar refractivity (Wildman–Crippen MR) is 123 cm³/mol. The van der Waals surface area contributed by atoms with Crippen LogP contribution in [0, 0.1) is 6.92 Å². The maximum absolute atomic E-state index is 12.8. The lowest BCUT2D eigenvalue weighted by Gasteiger charge is -2.12. The van der Waals surface area contributed by atoms with E-state index in [-0.39, 0.29) is 11.4 Å². The van der Waals surface area contributed by atoms with Gasteiger partial charge >= 0.3 is 0 Å². The second-order valence-electron chi connectivity index (χ2n) is 7.09. The average Bonchev–Trinajstić information content (AvgIpc) is 3.01. The number of hydrogen-bond acceptors (Lipinski definition) is 5. The number of aryl methyl sites for hydroxylation is 1. The quantitative estimate of drug-likeness (QED) is 0.585. The minimum atomic E-state index is -0.478. The summed E-state index contributed by atoms with van der Waals surface area (Å²) in [5.74, 6) is -0.174. The van der Waals surface area contributed by atoms with Crippen molar-refractivity contribution in [2.24, 2.45) is 0 Å². The third kappa shape index (κ3) is 4.32. The molecule has 3 aromatic rings. The summed E-state index contributed by atoms with van der Waals surface area (Å²) in [6.45, 7) is 1.58. The minimum Gasteiger partial charge on any atom is -0.496 e.